The Hall–Kier alpha value is -3.07. The highest BCUT2D eigenvalue weighted by Gasteiger charge is 2.17. The van der Waals surface area contributed by atoms with Gasteiger partial charge in [0.15, 0.2) is 0 Å². The largest absolute Gasteiger partial charge is 0.383 e. The van der Waals surface area contributed by atoms with Gasteiger partial charge in [0.05, 0.1) is 22.4 Å². The normalized spacial score (nSPS) is 13.2. The van der Waals surface area contributed by atoms with Crippen molar-refractivity contribution < 1.29 is 15.0 Å². The van der Waals surface area contributed by atoms with E-state index in [1.165, 1.54) is 0 Å². The van der Waals surface area contributed by atoms with Crippen LogP contribution in [-0.2, 0) is 11.2 Å². The monoisotopic (exact) mass is 380 g/mol. The zero-order valence-electron chi connectivity index (χ0n) is 15.0. The Balaban J connectivity index is 1.96. The fourth-order valence-electron chi connectivity index (χ4n) is 2.94. The zero-order valence-corrected chi connectivity index (χ0v) is 15.0. The SMILES string of the molecule is NC(O)c1ccc2nc(-c3ccccc3)c(CCCC(O)C(=O)N=O)nc2c1. The molecule has 4 N–H and O–H groups in total. The van der Waals surface area contributed by atoms with Crippen LogP contribution in [0.3, 0.4) is 0 Å². The lowest BCUT2D eigenvalue weighted by atomic mass is 10.0. The van der Waals surface area contributed by atoms with Gasteiger partial charge >= 0.3 is 5.91 Å². The Kier molecular flexibility index (Phi) is 6.15. The summed E-state index contributed by atoms with van der Waals surface area (Å²) in [6.07, 6.45) is -1.57. The predicted molar refractivity (Wildman–Crippen MR) is 104 cm³/mol. The third-order valence-electron chi connectivity index (χ3n) is 4.42. The third-order valence-corrected chi connectivity index (χ3v) is 4.42. The minimum absolute atomic E-state index is 0.0973. The molecule has 0 aliphatic heterocycles. The van der Waals surface area contributed by atoms with Crippen LogP contribution in [0.1, 0.15) is 30.3 Å². The van der Waals surface area contributed by atoms with Crippen LogP contribution >= 0.6 is 0 Å². The standard InChI is InChI=1S/C20H20N4O4/c21-19(26)13-9-10-14-16(11-13)22-15(7-4-8-17(25)20(27)24-28)18(23-14)12-5-2-1-3-6-12/h1-3,5-6,9-11,17,19,25-26H,4,7-8,21H2. The molecule has 0 saturated heterocycles. The molecule has 0 bridgehead atoms. The van der Waals surface area contributed by atoms with Crippen LogP contribution in [0, 0.1) is 4.91 Å². The van der Waals surface area contributed by atoms with Gasteiger partial charge in [0.25, 0.3) is 0 Å². The first-order valence-electron chi connectivity index (χ1n) is 8.84. The molecule has 144 valence electrons. The highest BCUT2D eigenvalue weighted by Crippen LogP contribution is 2.26. The summed E-state index contributed by atoms with van der Waals surface area (Å²) >= 11 is 0. The summed E-state index contributed by atoms with van der Waals surface area (Å²) in [5.74, 6) is -1.07. The van der Waals surface area contributed by atoms with E-state index in [4.69, 9.17) is 10.7 Å². The minimum atomic E-state index is -1.41. The quantitative estimate of drug-likeness (QED) is 0.422. The van der Waals surface area contributed by atoms with Crippen LogP contribution in [0.4, 0.5) is 0 Å². The Morgan fingerprint density at radius 3 is 2.50 bits per heavy atom. The van der Waals surface area contributed by atoms with Crippen molar-refractivity contribution >= 4 is 16.9 Å². The summed E-state index contributed by atoms with van der Waals surface area (Å²) in [5, 5.41) is 21.5. The number of hydrogen-bond acceptors (Lipinski definition) is 7. The first kappa shape index (κ1) is 19.7. The van der Waals surface area contributed by atoms with Gasteiger partial charge < -0.3 is 15.9 Å². The van der Waals surface area contributed by atoms with Crippen molar-refractivity contribution in [2.45, 2.75) is 31.6 Å². The maximum absolute atomic E-state index is 11.1. The molecule has 3 aromatic rings. The molecule has 0 radical (unpaired) electrons. The van der Waals surface area contributed by atoms with Gasteiger partial charge in [-0.05, 0) is 37.0 Å². The van der Waals surface area contributed by atoms with E-state index in [0.717, 1.165) is 5.56 Å². The van der Waals surface area contributed by atoms with Gasteiger partial charge in [-0.25, -0.2) is 9.97 Å². The molecule has 28 heavy (non-hydrogen) atoms. The molecule has 1 heterocycles. The van der Waals surface area contributed by atoms with Gasteiger partial charge in [-0.15, -0.1) is 4.91 Å². The highest BCUT2D eigenvalue weighted by molar-refractivity contribution is 5.81. The molecule has 0 aliphatic rings. The van der Waals surface area contributed by atoms with Crippen LogP contribution in [0.2, 0.25) is 0 Å². The lowest BCUT2D eigenvalue weighted by Gasteiger charge is -2.12. The van der Waals surface area contributed by atoms with E-state index >= 15 is 0 Å². The molecule has 2 aromatic carbocycles. The third kappa shape index (κ3) is 4.42. The van der Waals surface area contributed by atoms with E-state index in [2.05, 4.69) is 10.2 Å². The first-order chi connectivity index (χ1) is 13.5. The highest BCUT2D eigenvalue weighted by atomic mass is 16.3. The molecule has 0 fully saturated rings. The number of aryl methyl sites for hydroxylation is 1. The second-order valence-electron chi connectivity index (χ2n) is 6.42. The molecule has 0 aliphatic carbocycles. The van der Waals surface area contributed by atoms with Crippen LogP contribution in [-0.4, -0.2) is 32.2 Å². The second-order valence-corrected chi connectivity index (χ2v) is 6.42. The second kappa shape index (κ2) is 8.75. The number of carbonyl (C=O) groups excluding carboxylic acids is 1. The Morgan fingerprint density at radius 2 is 1.82 bits per heavy atom. The van der Waals surface area contributed by atoms with Gasteiger partial charge in [-0.3, -0.25) is 4.79 Å². The number of hydrogen-bond donors (Lipinski definition) is 3. The Bertz CT molecular complexity index is 992. The van der Waals surface area contributed by atoms with Crippen LogP contribution in [0.25, 0.3) is 22.3 Å². The summed E-state index contributed by atoms with van der Waals surface area (Å²) in [6.45, 7) is 0. The van der Waals surface area contributed by atoms with Crippen molar-refractivity contribution in [2.24, 2.45) is 10.9 Å². The van der Waals surface area contributed by atoms with E-state index in [0.29, 0.717) is 40.8 Å². The number of aliphatic hydroxyl groups is 2. The lowest BCUT2D eigenvalue weighted by molar-refractivity contribution is -0.126. The average Bonchev–Trinajstić information content (AvgIpc) is 2.72. The first-order valence-corrected chi connectivity index (χ1v) is 8.84. The lowest BCUT2D eigenvalue weighted by Crippen LogP contribution is -2.17. The van der Waals surface area contributed by atoms with Crippen molar-refractivity contribution in [3.63, 3.8) is 0 Å². The van der Waals surface area contributed by atoms with Gasteiger partial charge in [0.2, 0.25) is 0 Å². The molecular weight excluding hydrogens is 360 g/mol. The summed E-state index contributed by atoms with van der Waals surface area (Å²) < 4.78 is 0. The number of nitrogens with zero attached hydrogens (tertiary/aromatic N) is 3. The average molecular weight is 380 g/mol. The fourth-order valence-corrected chi connectivity index (χ4v) is 2.94. The molecule has 1 aromatic heterocycles. The number of aromatic nitrogens is 2. The summed E-state index contributed by atoms with van der Waals surface area (Å²) in [4.78, 5) is 30.8. The zero-order chi connectivity index (χ0) is 20.1. The van der Waals surface area contributed by atoms with E-state index in [1.54, 1.807) is 18.2 Å². The molecular formula is C20H20N4O4. The number of rotatable bonds is 7. The Labute approximate surface area is 161 Å². The maximum atomic E-state index is 11.1. The van der Waals surface area contributed by atoms with Crippen molar-refractivity contribution in [1.82, 2.24) is 9.97 Å². The summed E-state index contributed by atoms with van der Waals surface area (Å²) in [5.41, 5.74) is 9.57. The summed E-state index contributed by atoms with van der Waals surface area (Å²) in [7, 11) is 0. The van der Waals surface area contributed by atoms with Gasteiger partial charge in [-0.1, -0.05) is 36.4 Å². The van der Waals surface area contributed by atoms with Crippen molar-refractivity contribution in [2.75, 3.05) is 0 Å². The van der Waals surface area contributed by atoms with Crippen molar-refractivity contribution in [3.05, 3.63) is 64.7 Å². The van der Waals surface area contributed by atoms with E-state index in [1.807, 2.05) is 30.3 Å². The number of benzene rings is 2. The number of amides is 1. The topological polar surface area (TPSA) is 139 Å². The van der Waals surface area contributed by atoms with Crippen LogP contribution < -0.4 is 5.73 Å². The number of carbonyl (C=O) groups is 1. The van der Waals surface area contributed by atoms with E-state index in [-0.39, 0.29) is 6.42 Å². The van der Waals surface area contributed by atoms with Crippen molar-refractivity contribution in [1.29, 1.82) is 0 Å². The number of nitroso groups, excluding NO2 is 1. The molecule has 1 amide bonds. The molecule has 8 nitrogen and oxygen atoms in total. The fraction of sp³-hybridized carbons (Fsp3) is 0.250. The summed E-state index contributed by atoms with van der Waals surface area (Å²) in [6, 6.07) is 14.7. The minimum Gasteiger partial charge on any atom is -0.383 e. The van der Waals surface area contributed by atoms with Gasteiger partial charge in [-0.2, -0.15) is 0 Å². The molecule has 3 rings (SSSR count). The molecule has 0 spiro atoms. The molecule has 8 heteroatoms. The molecule has 2 unspecified atom stereocenters. The smallest absolute Gasteiger partial charge is 0.314 e. The van der Waals surface area contributed by atoms with E-state index in [9.17, 15) is 19.9 Å². The number of aliphatic hydroxyl groups excluding tert-OH is 2. The molecule has 0 saturated carbocycles. The van der Waals surface area contributed by atoms with Crippen molar-refractivity contribution in [3.8, 4) is 11.3 Å². The van der Waals surface area contributed by atoms with E-state index < -0.39 is 18.2 Å². The Morgan fingerprint density at radius 1 is 1.07 bits per heavy atom. The number of fused-ring (bicyclic) bond motifs is 1. The van der Waals surface area contributed by atoms with Crippen LogP contribution in [0.15, 0.2) is 53.7 Å². The predicted octanol–water partition coefficient (Wildman–Crippen LogP) is 2.22. The van der Waals surface area contributed by atoms with Crippen LogP contribution in [0.5, 0.6) is 0 Å². The van der Waals surface area contributed by atoms with Gasteiger partial charge in [0, 0.05) is 10.7 Å². The maximum Gasteiger partial charge on any atom is 0.314 e. The molecule has 2 atom stereocenters. The number of nitrogens with two attached hydrogens (primary N) is 1. The van der Waals surface area contributed by atoms with Gasteiger partial charge in [0.1, 0.15) is 12.3 Å².